The van der Waals surface area contributed by atoms with Crippen molar-refractivity contribution >= 4 is 46.0 Å². The molecule has 0 aliphatic carbocycles. The van der Waals surface area contributed by atoms with Crippen LogP contribution in [0.25, 0.3) is 6.08 Å². The average Bonchev–Trinajstić information content (AvgIpc) is 2.97. The lowest BCUT2D eigenvalue weighted by Gasteiger charge is -1.95. The molecule has 7 nitrogen and oxygen atoms in total. The van der Waals surface area contributed by atoms with E-state index in [1.165, 1.54) is 29.8 Å². The number of thiazole rings is 1. The van der Waals surface area contributed by atoms with Crippen LogP contribution in [0.15, 0.2) is 18.5 Å². The molecule has 9 heteroatoms. The van der Waals surface area contributed by atoms with Gasteiger partial charge in [0, 0.05) is 17.2 Å². The van der Waals surface area contributed by atoms with Crippen LogP contribution in [0.1, 0.15) is 14.5 Å². The number of anilines is 1. The zero-order valence-corrected chi connectivity index (χ0v) is 10.4. The zero-order valence-electron chi connectivity index (χ0n) is 8.73. The number of nitrogens with one attached hydrogen (secondary N) is 1. The van der Waals surface area contributed by atoms with E-state index < -0.39 is 5.97 Å². The monoisotopic (exact) mass is 282 g/mol. The number of carbonyl (C=O) groups is 2. The smallest absolute Gasteiger partial charge is 0.328 e. The van der Waals surface area contributed by atoms with Crippen molar-refractivity contribution in [2.45, 2.75) is 0 Å². The molecule has 2 heterocycles. The van der Waals surface area contributed by atoms with Gasteiger partial charge in [0.05, 0.1) is 6.20 Å². The lowest BCUT2D eigenvalue weighted by atomic mass is 10.4. The summed E-state index contributed by atoms with van der Waals surface area (Å²) in [6, 6.07) is 0. The van der Waals surface area contributed by atoms with Crippen LogP contribution in [0.2, 0.25) is 0 Å². The molecule has 0 aliphatic rings. The third-order valence-electron chi connectivity index (χ3n) is 1.72. The molecule has 2 aromatic rings. The van der Waals surface area contributed by atoms with Gasteiger partial charge in [-0.15, -0.1) is 5.10 Å². The van der Waals surface area contributed by atoms with Crippen LogP contribution in [0.4, 0.5) is 5.13 Å². The largest absolute Gasteiger partial charge is 0.478 e. The Labute approximate surface area is 109 Å². The van der Waals surface area contributed by atoms with Crippen LogP contribution in [0.5, 0.6) is 0 Å². The van der Waals surface area contributed by atoms with E-state index in [4.69, 9.17) is 5.11 Å². The Morgan fingerprint density at radius 3 is 2.89 bits per heavy atom. The molecule has 2 rings (SSSR count). The molecule has 0 unspecified atom stereocenters. The molecule has 92 valence electrons. The molecule has 0 saturated heterocycles. The number of aromatic nitrogens is 3. The summed E-state index contributed by atoms with van der Waals surface area (Å²) in [4.78, 5) is 26.9. The second-order valence-corrected chi connectivity index (χ2v) is 4.82. The van der Waals surface area contributed by atoms with E-state index in [0.29, 0.717) is 14.9 Å². The molecule has 0 atom stereocenters. The van der Waals surface area contributed by atoms with Crippen molar-refractivity contribution in [3.63, 3.8) is 0 Å². The molecule has 0 aliphatic heterocycles. The standard InChI is InChI=1S/C9H6N4O3S2/c14-7(15)2-1-5-3-10-9(17-5)12-8(16)6-4-11-13-18-6/h1-4H,(H,14,15)(H,10,12,16). The summed E-state index contributed by atoms with van der Waals surface area (Å²) in [6.07, 6.45) is 5.25. The second kappa shape index (κ2) is 5.47. The highest BCUT2D eigenvalue weighted by Crippen LogP contribution is 2.20. The van der Waals surface area contributed by atoms with Crippen LogP contribution < -0.4 is 5.32 Å². The number of hydrogen-bond acceptors (Lipinski definition) is 7. The fourth-order valence-corrected chi connectivity index (χ4v) is 2.13. The predicted molar refractivity (Wildman–Crippen MR) is 66.6 cm³/mol. The van der Waals surface area contributed by atoms with E-state index in [1.807, 2.05) is 0 Å². The third-order valence-corrected chi connectivity index (χ3v) is 3.26. The van der Waals surface area contributed by atoms with Gasteiger partial charge >= 0.3 is 5.97 Å². The zero-order chi connectivity index (χ0) is 13.0. The summed E-state index contributed by atoms with van der Waals surface area (Å²) in [7, 11) is 0. The number of carboxylic acids is 1. The topological polar surface area (TPSA) is 105 Å². The quantitative estimate of drug-likeness (QED) is 0.820. The molecule has 2 N–H and O–H groups in total. The number of rotatable bonds is 4. The van der Waals surface area contributed by atoms with Gasteiger partial charge in [-0.2, -0.15) is 0 Å². The van der Waals surface area contributed by atoms with E-state index >= 15 is 0 Å². The molecule has 0 spiro atoms. The Bertz CT molecular complexity index is 591. The Morgan fingerprint density at radius 2 is 2.22 bits per heavy atom. The highest BCUT2D eigenvalue weighted by atomic mass is 32.1. The van der Waals surface area contributed by atoms with Crippen LogP contribution >= 0.6 is 22.9 Å². The van der Waals surface area contributed by atoms with E-state index in [2.05, 4.69) is 19.9 Å². The summed E-state index contributed by atoms with van der Waals surface area (Å²) in [6.45, 7) is 0. The number of carbonyl (C=O) groups excluding carboxylic acids is 1. The van der Waals surface area contributed by atoms with Gasteiger partial charge in [-0.05, 0) is 17.6 Å². The van der Waals surface area contributed by atoms with Crippen LogP contribution in [0.3, 0.4) is 0 Å². The first-order valence-electron chi connectivity index (χ1n) is 4.60. The van der Waals surface area contributed by atoms with Crippen molar-refractivity contribution in [2.75, 3.05) is 5.32 Å². The fraction of sp³-hybridized carbons (Fsp3) is 0. The van der Waals surface area contributed by atoms with Gasteiger partial charge in [-0.1, -0.05) is 15.8 Å². The van der Waals surface area contributed by atoms with Gasteiger partial charge in [0.2, 0.25) is 0 Å². The maximum atomic E-state index is 11.6. The molecular formula is C9H6N4O3S2. The number of nitrogens with zero attached hydrogens (tertiary/aromatic N) is 3. The van der Waals surface area contributed by atoms with Crippen molar-refractivity contribution < 1.29 is 14.7 Å². The Kier molecular flexibility index (Phi) is 3.75. The second-order valence-electron chi connectivity index (χ2n) is 2.98. The number of hydrogen-bond donors (Lipinski definition) is 2. The van der Waals surface area contributed by atoms with Gasteiger partial charge in [0.25, 0.3) is 5.91 Å². The summed E-state index contributed by atoms with van der Waals surface area (Å²) in [5, 5.41) is 15.0. The third kappa shape index (κ3) is 3.18. The van der Waals surface area contributed by atoms with Crippen molar-refractivity contribution in [1.29, 1.82) is 0 Å². The first-order chi connectivity index (χ1) is 8.65. The molecule has 1 amide bonds. The highest BCUT2D eigenvalue weighted by molar-refractivity contribution is 7.16. The van der Waals surface area contributed by atoms with E-state index in [1.54, 1.807) is 0 Å². The van der Waals surface area contributed by atoms with Crippen LogP contribution in [0, 0.1) is 0 Å². The van der Waals surface area contributed by atoms with Crippen LogP contribution in [-0.4, -0.2) is 31.6 Å². The summed E-state index contributed by atoms with van der Waals surface area (Å²) >= 11 is 2.15. The molecule has 0 bridgehead atoms. The summed E-state index contributed by atoms with van der Waals surface area (Å²) in [5.41, 5.74) is 0. The molecule has 0 aromatic carbocycles. The van der Waals surface area contributed by atoms with Gasteiger partial charge in [0.1, 0.15) is 4.88 Å². The number of carboxylic acid groups (broad SMARTS) is 1. The highest BCUT2D eigenvalue weighted by Gasteiger charge is 2.10. The number of amides is 1. The minimum absolute atomic E-state index is 0.340. The Balaban J connectivity index is 2.03. The molecule has 2 aromatic heterocycles. The van der Waals surface area contributed by atoms with Gasteiger partial charge in [-0.3, -0.25) is 10.1 Å². The van der Waals surface area contributed by atoms with E-state index in [0.717, 1.165) is 17.6 Å². The van der Waals surface area contributed by atoms with Crippen molar-refractivity contribution in [1.82, 2.24) is 14.6 Å². The lowest BCUT2D eigenvalue weighted by molar-refractivity contribution is -0.131. The normalized spacial score (nSPS) is 10.7. The molecule has 18 heavy (non-hydrogen) atoms. The van der Waals surface area contributed by atoms with Crippen molar-refractivity contribution in [2.24, 2.45) is 0 Å². The average molecular weight is 282 g/mol. The number of aliphatic carboxylic acids is 1. The Hall–Kier alpha value is -2.13. The minimum atomic E-state index is -1.04. The predicted octanol–water partition coefficient (Wildman–Crippen LogP) is 1.34. The van der Waals surface area contributed by atoms with Crippen LogP contribution in [-0.2, 0) is 4.79 Å². The van der Waals surface area contributed by atoms with Gasteiger partial charge < -0.3 is 5.11 Å². The first-order valence-corrected chi connectivity index (χ1v) is 6.19. The lowest BCUT2D eigenvalue weighted by Crippen LogP contribution is -2.09. The fourth-order valence-electron chi connectivity index (χ4n) is 1.00. The minimum Gasteiger partial charge on any atom is -0.478 e. The molecule has 0 fully saturated rings. The van der Waals surface area contributed by atoms with Gasteiger partial charge in [-0.25, -0.2) is 9.78 Å². The maximum Gasteiger partial charge on any atom is 0.328 e. The summed E-state index contributed by atoms with van der Waals surface area (Å²) < 4.78 is 3.58. The molecular weight excluding hydrogens is 276 g/mol. The van der Waals surface area contributed by atoms with Crippen molar-refractivity contribution in [3.05, 3.63) is 28.2 Å². The maximum absolute atomic E-state index is 11.6. The van der Waals surface area contributed by atoms with E-state index in [-0.39, 0.29) is 5.91 Å². The van der Waals surface area contributed by atoms with Crippen molar-refractivity contribution in [3.8, 4) is 0 Å². The summed E-state index contributed by atoms with van der Waals surface area (Å²) in [5.74, 6) is -1.38. The van der Waals surface area contributed by atoms with Gasteiger partial charge in [0.15, 0.2) is 5.13 Å². The Morgan fingerprint density at radius 1 is 1.39 bits per heavy atom. The molecule has 0 saturated carbocycles. The first kappa shape index (κ1) is 12.3. The SMILES string of the molecule is O=C(O)C=Cc1cnc(NC(=O)c2cnns2)s1. The molecule has 0 radical (unpaired) electrons. The van der Waals surface area contributed by atoms with E-state index in [9.17, 15) is 9.59 Å².